The number of benzene rings is 2. The van der Waals surface area contributed by atoms with Crippen molar-refractivity contribution in [3.8, 4) is 11.5 Å². The Bertz CT molecular complexity index is 983. The first-order valence-electron chi connectivity index (χ1n) is 8.94. The third-order valence-corrected chi connectivity index (χ3v) is 5.84. The van der Waals surface area contributed by atoms with Gasteiger partial charge in [-0.3, -0.25) is 9.10 Å². The Hall–Kier alpha value is -2.74. The normalized spacial score (nSPS) is 14.3. The average Bonchev–Trinajstić information content (AvgIpc) is 2.63. The van der Waals surface area contributed by atoms with Crippen molar-refractivity contribution in [3.63, 3.8) is 0 Å². The zero-order valence-corrected chi connectivity index (χ0v) is 17.2. The molecule has 28 heavy (non-hydrogen) atoms. The van der Waals surface area contributed by atoms with Crippen molar-refractivity contribution >= 4 is 27.3 Å². The van der Waals surface area contributed by atoms with Crippen molar-refractivity contribution in [2.24, 2.45) is 0 Å². The lowest BCUT2D eigenvalue weighted by molar-refractivity contribution is -0.116. The number of ether oxygens (including phenoxy) is 2. The van der Waals surface area contributed by atoms with Gasteiger partial charge in [0.05, 0.1) is 11.9 Å². The second-order valence-corrected chi connectivity index (χ2v) is 8.68. The van der Waals surface area contributed by atoms with Crippen LogP contribution in [0.2, 0.25) is 0 Å². The Morgan fingerprint density at radius 3 is 2.29 bits per heavy atom. The molecule has 1 atom stereocenters. The van der Waals surface area contributed by atoms with Crippen molar-refractivity contribution in [1.29, 1.82) is 0 Å². The highest BCUT2D eigenvalue weighted by Gasteiger charge is 2.30. The van der Waals surface area contributed by atoms with Crippen LogP contribution in [0.5, 0.6) is 11.5 Å². The highest BCUT2D eigenvalue weighted by molar-refractivity contribution is 7.92. The van der Waals surface area contributed by atoms with Crippen LogP contribution in [0.15, 0.2) is 36.4 Å². The Labute approximate surface area is 165 Å². The molecule has 0 saturated heterocycles. The SMILES string of the molecule is Cc1cccc(C)c1NC(=O)[C@H](C)N(c1ccc2c(c1)OCCO2)S(C)(=O)=O. The van der Waals surface area contributed by atoms with Gasteiger partial charge in [0.15, 0.2) is 11.5 Å². The second kappa shape index (κ2) is 7.71. The summed E-state index contributed by atoms with van der Waals surface area (Å²) in [5.41, 5.74) is 2.85. The van der Waals surface area contributed by atoms with E-state index in [0.29, 0.717) is 36.1 Å². The number of sulfonamides is 1. The van der Waals surface area contributed by atoms with Gasteiger partial charge >= 0.3 is 0 Å². The van der Waals surface area contributed by atoms with Gasteiger partial charge in [0, 0.05) is 11.8 Å². The van der Waals surface area contributed by atoms with Crippen LogP contribution in [0.4, 0.5) is 11.4 Å². The zero-order chi connectivity index (χ0) is 20.5. The summed E-state index contributed by atoms with van der Waals surface area (Å²) in [5.74, 6) is 0.591. The third kappa shape index (κ3) is 4.06. The predicted octanol–water partition coefficient (Wildman–Crippen LogP) is 2.87. The first-order chi connectivity index (χ1) is 13.2. The molecule has 0 radical (unpaired) electrons. The number of amides is 1. The van der Waals surface area contributed by atoms with E-state index in [-0.39, 0.29) is 0 Å². The Morgan fingerprint density at radius 1 is 1.07 bits per heavy atom. The van der Waals surface area contributed by atoms with E-state index in [0.717, 1.165) is 21.7 Å². The molecule has 8 heteroatoms. The molecule has 0 aliphatic carbocycles. The molecular formula is C20H24N2O5S. The fraction of sp³-hybridized carbons (Fsp3) is 0.350. The molecule has 0 fully saturated rings. The van der Waals surface area contributed by atoms with E-state index in [4.69, 9.17) is 9.47 Å². The van der Waals surface area contributed by atoms with Gasteiger partial charge in [0.1, 0.15) is 19.3 Å². The third-order valence-electron chi connectivity index (χ3n) is 4.60. The zero-order valence-electron chi connectivity index (χ0n) is 16.4. The molecule has 1 N–H and O–H groups in total. The number of rotatable bonds is 5. The minimum absolute atomic E-state index is 0.343. The molecule has 150 valence electrons. The van der Waals surface area contributed by atoms with Crippen molar-refractivity contribution < 1.29 is 22.7 Å². The fourth-order valence-electron chi connectivity index (χ4n) is 3.22. The maximum atomic E-state index is 12.9. The van der Waals surface area contributed by atoms with Crippen LogP contribution in [0.25, 0.3) is 0 Å². The van der Waals surface area contributed by atoms with Crippen LogP contribution in [-0.4, -0.2) is 39.8 Å². The van der Waals surface area contributed by atoms with Crippen LogP contribution in [0.1, 0.15) is 18.1 Å². The number of hydrogen-bond donors (Lipinski definition) is 1. The Balaban J connectivity index is 1.93. The molecule has 0 unspecified atom stereocenters. The van der Waals surface area contributed by atoms with Crippen molar-refractivity contribution in [3.05, 3.63) is 47.5 Å². The van der Waals surface area contributed by atoms with Gasteiger partial charge in [-0.15, -0.1) is 0 Å². The summed E-state index contributed by atoms with van der Waals surface area (Å²) >= 11 is 0. The van der Waals surface area contributed by atoms with E-state index in [1.54, 1.807) is 25.1 Å². The maximum Gasteiger partial charge on any atom is 0.248 e. The van der Waals surface area contributed by atoms with Crippen molar-refractivity contribution in [1.82, 2.24) is 0 Å². The Morgan fingerprint density at radius 2 is 1.68 bits per heavy atom. The van der Waals surface area contributed by atoms with Gasteiger partial charge in [-0.2, -0.15) is 0 Å². The van der Waals surface area contributed by atoms with E-state index in [1.807, 2.05) is 32.0 Å². The van der Waals surface area contributed by atoms with Crippen LogP contribution in [0.3, 0.4) is 0 Å². The Kier molecular flexibility index (Phi) is 5.51. The summed E-state index contributed by atoms with van der Waals surface area (Å²) < 4.78 is 37.1. The molecule has 0 aromatic heterocycles. The van der Waals surface area contributed by atoms with Gasteiger partial charge in [-0.25, -0.2) is 8.42 Å². The smallest absolute Gasteiger partial charge is 0.248 e. The number of fused-ring (bicyclic) bond motifs is 1. The van der Waals surface area contributed by atoms with Crippen LogP contribution < -0.4 is 19.1 Å². The average molecular weight is 404 g/mol. The largest absolute Gasteiger partial charge is 0.486 e. The minimum Gasteiger partial charge on any atom is -0.486 e. The van der Waals surface area contributed by atoms with E-state index in [9.17, 15) is 13.2 Å². The molecule has 0 bridgehead atoms. The molecule has 7 nitrogen and oxygen atoms in total. The molecule has 2 aromatic carbocycles. The summed E-state index contributed by atoms with van der Waals surface area (Å²) in [6, 6.07) is 9.57. The van der Waals surface area contributed by atoms with Gasteiger partial charge in [-0.05, 0) is 44.0 Å². The number of para-hydroxylation sites is 1. The molecule has 1 heterocycles. The van der Waals surface area contributed by atoms with Crippen molar-refractivity contribution in [2.75, 3.05) is 29.1 Å². The highest BCUT2D eigenvalue weighted by Crippen LogP contribution is 2.35. The molecule has 1 amide bonds. The monoisotopic (exact) mass is 404 g/mol. The van der Waals surface area contributed by atoms with E-state index in [2.05, 4.69) is 5.32 Å². The van der Waals surface area contributed by atoms with Crippen molar-refractivity contribution in [2.45, 2.75) is 26.8 Å². The van der Waals surface area contributed by atoms with Crippen LogP contribution >= 0.6 is 0 Å². The standard InChI is InChI=1S/C20H24N2O5S/c1-13-6-5-7-14(2)19(13)21-20(23)15(3)22(28(4,24)25)16-8-9-17-18(12-16)27-11-10-26-17/h5-9,12,15H,10-11H2,1-4H3,(H,21,23)/t15-/m0/s1. The second-order valence-electron chi connectivity index (χ2n) is 6.82. The predicted molar refractivity (Wildman–Crippen MR) is 109 cm³/mol. The number of hydrogen-bond acceptors (Lipinski definition) is 5. The quantitative estimate of drug-likeness (QED) is 0.828. The molecule has 2 aromatic rings. The molecule has 1 aliphatic heterocycles. The number of anilines is 2. The summed E-state index contributed by atoms with van der Waals surface area (Å²) in [5, 5.41) is 2.86. The van der Waals surface area contributed by atoms with Gasteiger partial charge < -0.3 is 14.8 Å². The van der Waals surface area contributed by atoms with Gasteiger partial charge in [-0.1, -0.05) is 18.2 Å². The first kappa shape index (κ1) is 20.0. The lowest BCUT2D eigenvalue weighted by Crippen LogP contribution is -2.45. The molecule has 0 saturated carbocycles. The van der Waals surface area contributed by atoms with Gasteiger partial charge in [0.2, 0.25) is 15.9 Å². The summed E-state index contributed by atoms with van der Waals surface area (Å²) in [6.45, 7) is 6.17. The van der Waals surface area contributed by atoms with E-state index in [1.165, 1.54) is 0 Å². The van der Waals surface area contributed by atoms with E-state index < -0.39 is 22.0 Å². The molecule has 0 spiro atoms. The van der Waals surface area contributed by atoms with Gasteiger partial charge in [0.25, 0.3) is 0 Å². The maximum absolute atomic E-state index is 12.9. The lowest BCUT2D eigenvalue weighted by Gasteiger charge is -2.29. The lowest BCUT2D eigenvalue weighted by atomic mass is 10.1. The van der Waals surface area contributed by atoms with E-state index >= 15 is 0 Å². The van der Waals surface area contributed by atoms with Crippen LogP contribution in [-0.2, 0) is 14.8 Å². The number of carbonyl (C=O) groups excluding carboxylic acids is 1. The summed E-state index contributed by atoms with van der Waals surface area (Å²) in [7, 11) is -3.73. The summed E-state index contributed by atoms with van der Waals surface area (Å²) in [6.07, 6.45) is 1.08. The number of carbonyl (C=O) groups is 1. The fourth-order valence-corrected chi connectivity index (χ4v) is 4.38. The molecule has 1 aliphatic rings. The number of nitrogens with one attached hydrogen (secondary N) is 1. The molecule has 3 rings (SSSR count). The summed E-state index contributed by atoms with van der Waals surface area (Å²) in [4.78, 5) is 12.9. The first-order valence-corrected chi connectivity index (χ1v) is 10.8. The van der Waals surface area contributed by atoms with Crippen LogP contribution in [0, 0.1) is 13.8 Å². The highest BCUT2D eigenvalue weighted by atomic mass is 32.2. The topological polar surface area (TPSA) is 84.9 Å². The number of nitrogens with zero attached hydrogens (tertiary/aromatic N) is 1. The molecular weight excluding hydrogens is 380 g/mol. The minimum atomic E-state index is -3.73. The number of aryl methyl sites for hydroxylation is 2.